The Kier molecular flexibility index (Phi) is 2.67. The lowest BCUT2D eigenvalue weighted by atomic mass is 9.78. The highest BCUT2D eigenvalue weighted by Gasteiger charge is 2.35. The maximum atomic E-state index is 11.8. The Bertz CT molecular complexity index is 653. The van der Waals surface area contributed by atoms with Crippen LogP contribution in [0.3, 0.4) is 0 Å². The van der Waals surface area contributed by atoms with Crippen LogP contribution < -0.4 is 5.73 Å². The Morgan fingerprint density at radius 2 is 2.37 bits per heavy atom. The number of aromatic nitrogens is 3. The van der Waals surface area contributed by atoms with Gasteiger partial charge in [-0.2, -0.15) is 0 Å². The van der Waals surface area contributed by atoms with Gasteiger partial charge in [-0.05, 0) is 12.5 Å². The van der Waals surface area contributed by atoms with Gasteiger partial charge in [-0.3, -0.25) is 9.78 Å². The van der Waals surface area contributed by atoms with E-state index in [0.29, 0.717) is 12.8 Å². The maximum absolute atomic E-state index is 11.8. The molecule has 0 saturated heterocycles. The van der Waals surface area contributed by atoms with E-state index in [1.54, 1.807) is 12.4 Å². The van der Waals surface area contributed by atoms with Gasteiger partial charge in [0.2, 0.25) is 5.91 Å². The van der Waals surface area contributed by atoms with Crippen molar-refractivity contribution in [3.63, 3.8) is 0 Å². The van der Waals surface area contributed by atoms with Gasteiger partial charge in [-0.1, -0.05) is 24.3 Å². The first-order valence-electron chi connectivity index (χ1n) is 6.12. The highest BCUT2D eigenvalue weighted by molar-refractivity contribution is 5.84. The van der Waals surface area contributed by atoms with Gasteiger partial charge in [-0.25, -0.2) is 4.98 Å². The molecule has 1 amide bonds. The molecule has 0 fully saturated rings. The molecule has 1 unspecified atom stereocenters. The predicted molar refractivity (Wildman–Crippen MR) is 72.1 cm³/mol. The number of aromatic amines is 1. The SMILES string of the molecule is NC(=O)C1(Cc2nc3ccncc3[nH]2)C=CC=CC1. The Morgan fingerprint density at radius 1 is 1.47 bits per heavy atom. The molecule has 3 rings (SSSR count). The largest absolute Gasteiger partial charge is 0.369 e. The van der Waals surface area contributed by atoms with Gasteiger partial charge >= 0.3 is 0 Å². The first-order valence-corrected chi connectivity index (χ1v) is 6.12. The van der Waals surface area contributed by atoms with Crippen LogP contribution in [0.2, 0.25) is 0 Å². The third kappa shape index (κ3) is 2.03. The van der Waals surface area contributed by atoms with Crippen molar-refractivity contribution in [2.75, 3.05) is 0 Å². The fraction of sp³-hybridized carbons (Fsp3) is 0.214. The zero-order chi connectivity index (χ0) is 13.3. The summed E-state index contributed by atoms with van der Waals surface area (Å²) in [6.45, 7) is 0. The van der Waals surface area contributed by atoms with E-state index in [1.807, 2.05) is 30.4 Å². The number of nitrogens with one attached hydrogen (secondary N) is 1. The number of allylic oxidation sites excluding steroid dienone is 3. The lowest BCUT2D eigenvalue weighted by molar-refractivity contribution is -0.125. The van der Waals surface area contributed by atoms with Crippen LogP contribution in [0, 0.1) is 5.41 Å². The lowest BCUT2D eigenvalue weighted by Gasteiger charge is -2.26. The molecule has 1 aliphatic rings. The van der Waals surface area contributed by atoms with Crippen molar-refractivity contribution in [3.05, 3.63) is 48.6 Å². The first-order chi connectivity index (χ1) is 9.20. The van der Waals surface area contributed by atoms with Crippen molar-refractivity contribution in [1.29, 1.82) is 0 Å². The van der Waals surface area contributed by atoms with Crippen LogP contribution in [-0.2, 0) is 11.2 Å². The Labute approximate surface area is 110 Å². The Balaban J connectivity index is 1.96. The number of hydrogen-bond donors (Lipinski definition) is 2. The molecule has 2 heterocycles. The Morgan fingerprint density at radius 3 is 3.05 bits per heavy atom. The van der Waals surface area contributed by atoms with Crippen LogP contribution >= 0.6 is 0 Å². The summed E-state index contributed by atoms with van der Waals surface area (Å²) in [5.41, 5.74) is 6.60. The number of imidazole rings is 1. The van der Waals surface area contributed by atoms with Crippen LogP contribution in [0.15, 0.2) is 42.8 Å². The highest BCUT2D eigenvalue weighted by Crippen LogP contribution is 2.31. The van der Waals surface area contributed by atoms with Gasteiger partial charge in [0.05, 0.1) is 22.6 Å². The summed E-state index contributed by atoms with van der Waals surface area (Å²) >= 11 is 0. The van der Waals surface area contributed by atoms with Crippen LogP contribution in [0.5, 0.6) is 0 Å². The van der Waals surface area contributed by atoms with E-state index in [1.165, 1.54) is 0 Å². The van der Waals surface area contributed by atoms with E-state index in [2.05, 4.69) is 15.0 Å². The average molecular weight is 254 g/mol. The molecule has 0 aromatic carbocycles. The average Bonchev–Trinajstić information content (AvgIpc) is 2.81. The van der Waals surface area contributed by atoms with Crippen LogP contribution in [0.25, 0.3) is 11.0 Å². The third-order valence-electron chi connectivity index (χ3n) is 3.45. The molecule has 0 aliphatic heterocycles. The predicted octanol–water partition coefficient (Wildman–Crippen LogP) is 1.49. The number of primary amides is 1. The molecule has 0 saturated carbocycles. The van der Waals surface area contributed by atoms with Gasteiger partial charge in [0.1, 0.15) is 5.82 Å². The standard InChI is InChI=1S/C14H14N4O/c15-13(19)14(5-2-1-3-6-14)8-12-17-10-4-7-16-9-11(10)18-12/h1-5,7,9H,6,8H2,(H2,15,19)(H,17,18). The number of hydrogen-bond acceptors (Lipinski definition) is 3. The van der Waals surface area contributed by atoms with Crippen molar-refractivity contribution < 1.29 is 4.79 Å². The second kappa shape index (κ2) is 4.35. The number of rotatable bonds is 3. The molecule has 5 nitrogen and oxygen atoms in total. The zero-order valence-electron chi connectivity index (χ0n) is 10.3. The van der Waals surface area contributed by atoms with E-state index in [0.717, 1.165) is 16.9 Å². The third-order valence-corrected chi connectivity index (χ3v) is 3.45. The molecule has 19 heavy (non-hydrogen) atoms. The number of carbonyl (C=O) groups is 1. The summed E-state index contributed by atoms with van der Waals surface area (Å²) in [6, 6.07) is 1.84. The van der Waals surface area contributed by atoms with E-state index in [9.17, 15) is 4.79 Å². The number of fused-ring (bicyclic) bond motifs is 1. The van der Waals surface area contributed by atoms with E-state index >= 15 is 0 Å². The van der Waals surface area contributed by atoms with Crippen LogP contribution in [0.1, 0.15) is 12.2 Å². The quantitative estimate of drug-likeness (QED) is 0.870. The minimum Gasteiger partial charge on any atom is -0.369 e. The number of carbonyl (C=O) groups excluding carboxylic acids is 1. The minimum atomic E-state index is -0.684. The molecule has 1 atom stereocenters. The number of nitrogens with zero attached hydrogens (tertiary/aromatic N) is 2. The zero-order valence-corrected chi connectivity index (χ0v) is 10.3. The van der Waals surface area contributed by atoms with Crippen molar-refractivity contribution in [2.45, 2.75) is 12.8 Å². The molecule has 3 N–H and O–H groups in total. The van der Waals surface area contributed by atoms with Gasteiger partial charge in [0, 0.05) is 12.6 Å². The molecule has 0 bridgehead atoms. The summed E-state index contributed by atoms with van der Waals surface area (Å²) < 4.78 is 0. The fourth-order valence-electron chi connectivity index (χ4n) is 2.36. The smallest absolute Gasteiger partial charge is 0.228 e. The molecule has 2 aromatic heterocycles. The normalized spacial score (nSPS) is 21.9. The van der Waals surface area contributed by atoms with Gasteiger partial charge in [-0.15, -0.1) is 0 Å². The first kappa shape index (κ1) is 11.6. The fourth-order valence-corrected chi connectivity index (χ4v) is 2.36. The van der Waals surface area contributed by atoms with Crippen molar-refractivity contribution in [1.82, 2.24) is 15.0 Å². The van der Waals surface area contributed by atoms with Crippen molar-refractivity contribution in [2.24, 2.45) is 11.1 Å². The van der Waals surface area contributed by atoms with E-state index in [4.69, 9.17) is 5.73 Å². The minimum absolute atomic E-state index is 0.327. The van der Waals surface area contributed by atoms with E-state index < -0.39 is 5.41 Å². The molecular formula is C14H14N4O. The van der Waals surface area contributed by atoms with Crippen LogP contribution in [-0.4, -0.2) is 20.9 Å². The van der Waals surface area contributed by atoms with Crippen molar-refractivity contribution >= 4 is 16.9 Å². The van der Waals surface area contributed by atoms with Gasteiger partial charge in [0.25, 0.3) is 0 Å². The summed E-state index contributed by atoms with van der Waals surface area (Å²) in [4.78, 5) is 23.5. The summed E-state index contributed by atoms with van der Waals surface area (Å²) in [6.07, 6.45) is 12.1. The molecule has 5 heteroatoms. The molecule has 0 radical (unpaired) electrons. The number of nitrogens with two attached hydrogens (primary N) is 1. The van der Waals surface area contributed by atoms with Crippen LogP contribution in [0.4, 0.5) is 0 Å². The summed E-state index contributed by atoms with van der Waals surface area (Å²) in [5, 5.41) is 0. The molecule has 0 spiro atoms. The molecule has 1 aliphatic carbocycles. The summed E-state index contributed by atoms with van der Waals surface area (Å²) in [7, 11) is 0. The van der Waals surface area contributed by atoms with Gasteiger partial charge in [0.15, 0.2) is 0 Å². The molecular weight excluding hydrogens is 240 g/mol. The topological polar surface area (TPSA) is 84.7 Å². The second-order valence-electron chi connectivity index (χ2n) is 4.76. The maximum Gasteiger partial charge on any atom is 0.228 e. The molecule has 2 aromatic rings. The number of H-pyrrole nitrogens is 1. The van der Waals surface area contributed by atoms with Gasteiger partial charge < -0.3 is 10.7 Å². The second-order valence-corrected chi connectivity index (χ2v) is 4.76. The highest BCUT2D eigenvalue weighted by atomic mass is 16.1. The lowest BCUT2D eigenvalue weighted by Crippen LogP contribution is -2.38. The Hall–Kier alpha value is -2.43. The summed E-state index contributed by atoms with van der Waals surface area (Å²) in [5.74, 6) is 0.424. The number of amides is 1. The molecule has 96 valence electrons. The van der Waals surface area contributed by atoms with Crippen molar-refractivity contribution in [3.8, 4) is 0 Å². The monoisotopic (exact) mass is 254 g/mol. The van der Waals surface area contributed by atoms with E-state index in [-0.39, 0.29) is 5.91 Å². The number of pyridine rings is 1.